The molecule has 3 aromatic carbocycles. The number of esters is 1. The molecule has 216 valence electrons. The Bertz CT molecular complexity index is 1770. The molecule has 1 aliphatic heterocycles. The standard InChI is InChI=1S/C32H28ClN7O3/c1-43-32(42)24-10-5-9-22(17-24)27-19-34-31(36-27)30-26(21-7-3-2-4-8-21)11-6-16-39(30)29(41)15-12-23-18-25(33)13-14-28(23)40-20-35-37-38-40/h2-5,7-10,12-15,17-20,26,30H,6,11,16H2,1H3,(H,34,36). The number of H-pyrrole nitrogens is 1. The van der Waals surface area contributed by atoms with Gasteiger partial charge in [-0.05, 0) is 65.2 Å². The molecule has 2 atom stereocenters. The molecular formula is C32H28ClN7O3. The second kappa shape index (κ2) is 12.4. The molecule has 5 aromatic rings. The van der Waals surface area contributed by atoms with Crippen LogP contribution in [0, 0.1) is 0 Å². The van der Waals surface area contributed by atoms with Crippen molar-refractivity contribution in [3.05, 3.63) is 119 Å². The zero-order chi connectivity index (χ0) is 29.8. The van der Waals surface area contributed by atoms with E-state index < -0.39 is 5.97 Å². The third kappa shape index (κ3) is 5.96. The minimum atomic E-state index is -0.412. The highest BCUT2D eigenvalue weighted by atomic mass is 35.5. The number of hydrogen-bond donors (Lipinski definition) is 1. The Hall–Kier alpha value is -5.09. The van der Waals surface area contributed by atoms with Crippen LogP contribution in [0.25, 0.3) is 23.0 Å². The van der Waals surface area contributed by atoms with E-state index in [0.717, 1.165) is 29.7 Å². The fourth-order valence-corrected chi connectivity index (χ4v) is 5.77. The van der Waals surface area contributed by atoms with Crippen LogP contribution in [0.1, 0.15) is 52.1 Å². The highest BCUT2D eigenvalue weighted by Gasteiger charge is 2.37. The van der Waals surface area contributed by atoms with Crippen molar-refractivity contribution in [2.75, 3.05) is 13.7 Å². The Kier molecular flexibility index (Phi) is 8.10. The number of imidazole rings is 1. The maximum Gasteiger partial charge on any atom is 0.337 e. The molecule has 0 spiro atoms. The number of ether oxygens (including phenoxy) is 1. The van der Waals surface area contributed by atoms with Crippen molar-refractivity contribution in [3.8, 4) is 16.9 Å². The van der Waals surface area contributed by atoms with Crippen LogP contribution in [-0.4, -0.2) is 60.6 Å². The van der Waals surface area contributed by atoms with Gasteiger partial charge in [-0.15, -0.1) is 5.10 Å². The Balaban J connectivity index is 1.35. The predicted octanol–water partition coefficient (Wildman–Crippen LogP) is 5.65. The molecule has 1 saturated heterocycles. The fourth-order valence-electron chi connectivity index (χ4n) is 5.59. The van der Waals surface area contributed by atoms with Crippen LogP contribution >= 0.6 is 11.6 Å². The van der Waals surface area contributed by atoms with E-state index in [1.165, 1.54) is 18.1 Å². The summed E-state index contributed by atoms with van der Waals surface area (Å²) in [5.41, 5.74) is 4.51. The monoisotopic (exact) mass is 593 g/mol. The summed E-state index contributed by atoms with van der Waals surface area (Å²) < 4.78 is 6.41. The number of carbonyl (C=O) groups excluding carboxylic acids is 2. The lowest BCUT2D eigenvalue weighted by atomic mass is 9.83. The van der Waals surface area contributed by atoms with Gasteiger partial charge in [0.2, 0.25) is 5.91 Å². The summed E-state index contributed by atoms with van der Waals surface area (Å²) >= 11 is 6.29. The van der Waals surface area contributed by atoms with Gasteiger partial charge >= 0.3 is 5.97 Å². The number of nitrogens with one attached hydrogen (secondary N) is 1. The van der Waals surface area contributed by atoms with E-state index in [4.69, 9.17) is 21.3 Å². The van der Waals surface area contributed by atoms with Gasteiger partial charge in [0.1, 0.15) is 12.2 Å². The number of hydrogen-bond acceptors (Lipinski definition) is 7. The molecule has 0 radical (unpaired) electrons. The molecule has 11 heteroatoms. The second-order valence-corrected chi connectivity index (χ2v) is 10.6. The molecular weight excluding hydrogens is 566 g/mol. The van der Waals surface area contributed by atoms with Crippen LogP contribution in [0.15, 0.2) is 91.4 Å². The molecule has 0 aliphatic carbocycles. The van der Waals surface area contributed by atoms with Gasteiger partial charge in [-0.2, -0.15) is 4.68 Å². The molecule has 2 unspecified atom stereocenters. The number of halogens is 1. The number of tetrazole rings is 1. The number of likely N-dealkylation sites (tertiary alicyclic amines) is 1. The van der Waals surface area contributed by atoms with Crippen molar-refractivity contribution in [1.82, 2.24) is 35.1 Å². The quantitative estimate of drug-likeness (QED) is 0.191. The lowest BCUT2D eigenvalue weighted by Crippen LogP contribution is -2.41. The van der Waals surface area contributed by atoms with E-state index >= 15 is 0 Å². The van der Waals surface area contributed by atoms with Gasteiger partial charge in [0, 0.05) is 34.7 Å². The third-order valence-electron chi connectivity index (χ3n) is 7.60. The van der Waals surface area contributed by atoms with E-state index in [1.807, 2.05) is 29.2 Å². The summed E-state index contributed by atoms with van der Waals surface area (Å²) in [6.45, 7) is 0.570. The Morgan fingerprint density at radius 3 is 2.72 bits per heavy atom. The number of rotatable bonds is 7. The number of carbonyl (C=O) groups is 2. The summed E-state index contributed by atoms with van der Waals surface area (Å²) in [4.78, 5) is 36.1. The zero-order valence-corrected chi connectivity index (χ0v) is 24.1. The molecule has 0 bridgehead atoms. The average Bonchev–Trinajstić information content (AvgIpc) is 3.77. The number of benzene rings is 3. The van der Waals surface area contributed by atoms with Crippen LogP contribution in [0.5, 0.6) is 0 Å². The van der Waals surface area contributed by atoms with E-state index in [1.54, 1.807) is 54.7 Å². The number of aromatic amines is 1. The van der Waals surface area contributed by atoms with Gasteiger partial charge in [0.25, 0.3) is 0 Å². The van der Waals surface area contributed by atoms with E-state index in [9.17, 15) is 9.59 Å². The first-order chi connectivity index (χ1) is 21.0. The first kappa shape index (κ1) is 28.0. The van der Waals surface area contributed by atoms with Crippen molar-refractivity contribution in [2.24, 2.45) is 0 Å². The molecule has 43 heavy (non-hydrogen) atoms. The van der Waals surface area contributed by atoms with Crippen LogP contribution < -0.4 is 0 Å². The zero-order valence-electron chi connectivity index (χ0n) is 23.3. The maximum absolute atomic E-state index is 13.9. The van der Waals surface area contributed by atoms with E-state index in [2.05, 4.69) is 32.6 Å². The third-order valence-corrected chi connectivity index (χ3v) is 7.84. The summed E-state index contributed by atoms with van der Waals surface area (Å²) in [5.74, 6) is 0.130. The van der Waals surface area contributed by atoms with Crippen molar-refractivity contribution < 1.29 is 14.3 Å². The predicted molar refractivity (Wildman–Crippen MR) is 161 cm³/mol. The topological polar surface area (TPSA) is 119 Å². The van der Waals surface area contributed by atoms with Crippen molar-refractivity contribution in [2.45, 2.75) is 24.8 Å². The van der Waals surface area contributed by atoms with Crippen molar-refractivity contribution >= 4 is 29.6 Å². The molecule has 6 rings (SSSR count). The molecule has 0 saturated carbocycles. The summed E-state index contributed by atoms with van der Waals surface area (Å²) in [5, 5.41) is 12.0. The molecule has 1 fully saturated rings. The number of methoxy groups -OCH3 is 1. The molecule has 1 aliphatic rings. The number of piperidine rings is 1. The van der Waals surface area contributed by atoms with E-state index in [0.29, 0.717) is 34.2 Å². The van der Waals surface area contributed by atoms with Gasteiger partial charge in [0.05, 0.1) is 36.3 Å². The molecule has 1 amide bonds. The van der Waals surface area contributed by atoms with Gasteiger partial charge < -0.3 is 14.6 Å². The minimum Gasteiger partial charge on any atom is -0.465 e. The van der Waals surface area contributed by atoms with Crippen LogP contribution in [0.2, 0.25) is 5.02 Å². The molecule has 3 heterocycles. The molecule has 1 N–H and O–H groups in total. The number of nitrogens with zero attached hydrogens (tertiary/aromatic N) is 6. The van der Waals surface area contributed by atoms with Gasteiger partial charge in [-0.1, -0.05) is 54.1 Å². The second-order valence-electron chi connectivity index (χ2n) is 10.2. The molecule has 10 nitrogen and oxygen atoms in total. The first-order valence-corrected chi connectivity index (χ1v) is 14.2. The van der Waals surface area contributed by atoms with Gasteiger partial charge in [-0.25, -0.2) is 9.78 Å². The summed E-state index contributed by atoms with van der Waals surface area (Å²) in [6, 6.07) is 22.3. The first-order valence-electron chi connectivity index (χ1n) is 13.8. The van der Waals surface area contributed by atoms with Crippen molar-refractivity contribution in [1.29, 1.82) is 0 Å². The fraction of sp³-hybridized carbons (Fsp3) is 0.188. The summed E-state index contributed by atoms with van der Waals surface area (Å²) in [6.07, 6.45) is 8.27. The SMILES string of the molecule is COC(=O)c1cccc(-c2cnc(C3C(c4ccccc4)CCCN3C(=O)C=Cc3cc(Cl)ccc3-n3cnnn3)[nH]2)c1. The lowest BCUT2D eigenvalue weighted by Gasteiger charge is -2.40. The maximum atomic E-state index is 13.9. The van der Waals surface area contributed by atoms with Crippen LogP contribution in [-0.2, 0) is 9.53 Å². The minimum absolute atomic E-state index is 0.0238. The Morgan fingerprint density at radius 1 is 1.07 bits per heavy atom. The Morgan fingerprint density at radius 2 is 1.93 bits per heavy atom. The van der Waals surface area contributed by atoms with Crippen LogP contribution in [0.3, 0.4) is 0 Å². The largest absolute Gasteiger partial charge is 0.465 e. The van der Waals surface area contributed by atoms with Gasteiger partial charge in [0.15, 0.2) is 0 Å². The van der Waals surface area contributed by atoms with Crippen LogP contribution in [0.4, 0.5) is 0 Å². The number of amides is 1. The summed E-state index contributed by atoms with van der Waals surface area (Å²) in [7, 11) is 1.36. The average molecular weight is 594 g/mol. The number of aromatic nitrogens is 6. The normalized spacial score (nSPS) is 16.8. The highest BCUT2D eigenvalue weighted by molar-refractivity contribution is 6.30. The highest BCUT2D eigenvalue weighted by Crippen LogP contribution is 2.42. The van der Waals surface area contributed by atoms with Crippen molar-refractivity contribution in [3.63, 3.8) is 0 Å². The molecule has 2 aromatic heterocycles. The Labute approximate surface area is 253 Å². The smallest absolute Gasteiger partial charge is 0.337 e. The van der Waals surface area contributed by atoms with Gasteiger partial charge in [-0.3, -0.25) is 4.79 Å². The van der Waals surface area contributed by atoms with E-state index in [-0.39, 0.29) is 17.9 Å². The lowest BCUT2D eigenvalue weighted by molar-refractivity contribution is -0.130.